The van der Waals surface area contributed by atoms with Crippen LogP contribution in [0, 0.1) is 5.92 Å². The third kappa shape index (κ3) is 4.16. The van der Waals surface area contributed by atoms with Crippen molar-refractivity contribution in [3.05, 3.63) is 23.8 Å². The summed E-state index contributed by atoms with van der Waals surface area (Å²) in [5.74, 6) is 2.40. The number of methoxy groups -OCH3 is 1. The van der Waals surface area contributed by atoms with Gasteiger partial charge in [-0.05, 0) is 48.4 Å². The molecular formula is C18H31NO. The van der Waals surface area contributed by atoms with Gasteiger partial charge in [0.1, 0.15) is 5.75 Å². The lowest BCUT2D eigenvalue weighted by Gasteiger charge is -2.32. The maximum Gasteiger partial charge on any atom is 0.122 e. The zero-order valence-corrected chi connectivity index (χ0v) is 14.1. The SMILES string of the molecule is CC.COc1ccc(N2CCC(C)CC2)cc1C(C)C. The van der Waals surface area contributed by atoms with Gasteiger partial charge < -0.3 is 9.64 Å². The van der Waals surface area contributed by atoms with E-state index in [1.165, 1.54) is 37.2 Å². The van der Waals surface area contributed by atoms with Crippen LogP contribution in [-0.2, 0) is 0 Å². The number of hydrogen-bond acceptors (Lipinski definition) is 2. The molecule has 2 rings (SSSR count). The minimum Gasteiger partial charge on any atom is -0.496 e. The van der Waals surface area contributed by atoms with Crippen LogP contribution in [0.3, 0.4) is 0 Å². The molecule has 0 bridgehead atoms. The second-order valence-electron chi connectivity index (χ2n) is 5.75. The molecule has 1 aromatic rings. The molecule has 2 nitrogen and oxygen atoms in total. The number of piperidine rings is 1. The van der Waals surface area contributed by atoms with Crippen LogP contribution in [0.1, 0.15) is 58.9 Å². The van der Waals surface area contributed by atoms with Crippen LogP contribution in [0.5, 0.6) is 5.75 Å². The molecule has 0 spiro atoms. The summed E-state index contributed by atoms with van der Waals surface area (Å²) in [7, 11) is 1.75. The first-order chi connectivity index (χ1) is 9.61. The maximum absolute atomic E-state index is 5.45. The van der Waals surface area contributed by atoms with E-state index in [2.05, 4.69) is 43.9 Å². The van der Waals surface area contributed by atoms with E-state index in [0.29, 0.717) is 5.92 Å². The van der Waals surface area contributed by atoms with Gasteiger partial charge in [0.05, 0.1) is 7.11 Å². The van der Waals surface area contributed by atoms with Crippen molar-refractivity contribution in [1.29, 1.82) is 0 Å². The summed E-state index contributed by atoms with van der Waals surface area (Å²) in [4.78, 5) is 2.51. The van der Waals surface area contributed by atoms with Crippen LogP contribution < -0.4 is 9.64 Å². The Morgan fingerprint density at radius 3 is 2.25 bits per heavy atom. The van der Waals surface area contributed by atoms with E-state index in [9.17, 15) is 0 Å². The average Bonchev–Trinajstić information content (AvgIpc) is 2.49. The van der Waals surface area contributed by atoms with Gasteiger partial charge in [0, 0.05) is 18.8 Å². The van der Waals surface area contributed by atoms with Crippen LogP contribution >= 0.6 is 0 Å². The fraction of sp³-hybridized carbons (Fsp3) is 0.667. The Bertz CT molecular complexity index is 392. The van der Waals surface area contributed by atoms with Crippen LogP contribution in [0.25, 0.3) is 0 Å². The van der Waals surface area contributed by atoms with Gasteiger partial charge in [0.2, 0.25) is 0 Å². The fourth-order valence-corrected chi connectivity index (χ4v) is 2.64. The van der Waals surface area contributed by atoms with Gasteiger partial charge in [-0.3, -0.25) is 0 Å². The van der Waals surface area contributed by atoms with Crippen LogP contribution in [-0.4, -0.2) is 20.2 Å². The number of ether oxygens (including phenoxy) is 1. The minimum absolute atomic E-state index is 0.503. The summed E-state index contributed by atoms with van der Waals surface area (Å²) in [6, 6.07) is 6.61. The van der Waals surface area contributed by atoms with Crippen molar-refractivity contribution in [2.45, 2.75) is 53.4 Å². The van der Waals surface area contributed by atoms with Crippen molar-refractivity contribution in [3.8, 4) is 5.75 Å². The second-order valence-corrected chi connectivity index (χ2v) is 5.75. The van der Waals surface area contributed by atoms with Crippen LogP contribution in [0.2, 0.25) is 0 Å². The first-order valence-corrected chi connectivity index (χ1v) is 8.04. The van der Waals surface area contributed by atoms with Gasteiger partial charge in [-0.25, -0.2) is 0 Å². The lowest BCUT2D eigenvalue weighted by atomic mass is 9.97. The molecule has 0 saturated carbocycles. The van der Waals surface area contributed by atoms with Gasteiger partial charge in [0.15, 0.2) is 0 Å². The molecule has 0 aromatic heterocycles. The largest absolute Gasteiger partial charge is 0.496 e. The molecule has 1 aromatic carbocycles. The smallest absolute Gasteiger partial charge is 0.122 e. The Hall–Kier alpha value is -1.18. The summed E-state index contributed by atoms with van der Waals surface area (Å²) in [6.07, 6.45) is 2.62. The highest BCUT2D eigenvalue weighted by molar-refractivity contribution is 5.54. The summed E-state index contributed by atoms with van der Waals surface area (Å²) in [5, 5.41) is 0. The highest BCUT2D eigenvalue weighted by atomic mass is 16.5. The molecule has 0 aliphatic carbocycles. The topological polar surface area (TPSA) is 12.5 Å². The van der Waals surface area contributed by atoms with E-state index in [4.69, 9.17) is 4.74 Å². The molecule has 0 radical (unpaired) electrons. The van der Waals surface area contributed by atoms with Gasteiger partial charge >= 0.3 is 0 Å². The second kappa shape index (κ2) is 8.18. The quantitative estimate of drug-likeness (QED) is 0.764. The standard InChI is InChI=1S/C16H25NO.C2H6/c1-12(2)15-11-14(5-6-16(15)18-4)17-9-7-13(3)8-10-17;1-2/h5-6,11-13H,7-10H2,1-4H3;1-2H3. The lowest BCUT2D eigenvalue weighted by molar-refractivity contribution is 0.407. The van der Waals surface area contributed by atoms with E-state index in [1.54, 1.807) is 7.11 Å². The van der Waals surface area contributed by atoms with E-state index >= 15 is 0 Å². The van der Waals surface area contributed by atoms with Crippen molar-refractivity contribution < 1.29 is 4.74 Å². The van der Waals surface area contributed by atoms with E-state index in [1.807, 2.05) is 13.8 Å². The van der Waals surface area contributed by atoms with E-state index in [-0.39, 0.29) is 0 Å². The molecule has 0 atom stereocenters. The predicted molar refractivity (Wildman–Crippen MR) is 89.0 cm³/mol. The van der Waals surface area contributed by atoms with Gasteiger partial charge in [-0.15, -0.1) is 0 Å². The van der Waals surface area contributed by atoms with Crippen molar-refractivity contribution in [2.24, 2.45) is 5.92 Å². The Morgan fingerprint density at radius 2 is 1.75 bits per heavy atom. The molecule has 1 saturated heterocycles. The van der Waals surface area contributed by atoms with Crippen molar-refractivity contribution in [3.63, 3.8) is 0 Å². The van der Waals surface area contributed by atoms with Crippen LogP contribution in [0.15, 0.2) is 18.2 Å². The molecule has 20 heavy (non-hydrogen) atoms. The summed E-state index contributed by atoms with van der Waals surface area (Å²) in [5.41, 5.74) is 2.67. The van der Waals surface area contributed by atoms with Crippen LogP contribution in [0.4, 0.5) is 5.69 Å². The minimum atomic E-state index is 0.503. The Kier molecular flexibility index (Phi) is 6.90. The molecule has 1 heterocycles. The monoisotopic (exact) mass is 277 g/mol. The number of anilines is 1. The molecule has 1 aliphatic rings. The molecule has 0 amide bonds. The van der Waals surface area contributed by atoms with Crippen molar-refractivity contribution in [2.75, 3.05) is 25.1 Å². The zero-order valence-electron chi connectivity index (χ0n) is 14.1. The molecule has 1 fully saturated rings. The van der Waals surface area contributed by atoms with Gasteiger partial charge in [0.25, 0.3) is 0 Å². The summed E-state index contributed by atoms with van der Waals surface area (Å²) >= 11 is 0. The van der Waals surface area contributed by atoms with E-state index < -0.39 is 0 Å². The first kappa shape index (κ1) is 16.9. The Labute approximate surface area is 125 Å². The highest BCUT2D eigenvalue weighted by Gasteiger charge is 2.17. The summed E-state index contributed by atoms with van der Waals surface area (Å²) in [6.45, 7) is 13.2. The zero-order chi connectivity index (χ0) is 15.1. The normalized spacial score (nSPS) is 15.8. The predicted octanol–water partition coefficient (Wildman–Crippen LogP) is 5.08. The lowest BCUT2D eigenvalue weighted by Crippen LogP contribution is -2.32. The Balaban J connectivity index is 0.000000956. The average molecular weight is 277 g/mol. The number of benzene rings is 1. The molecular weight excluding hydrogens is 246 g/mol. The van der Waals surface area contributed by atoms with Gasteiger partial charge in [-0.1, -0.05) is 34.6 Å². The molecule has 114 valence electrons. The van der Waals surface area contributed by atoms with Crippen molar-refractivity contribution >= 4 is 5.69 Å². The number of nitrogens with zero attached hydrogens (tertiary/aromatic N) is 1. The maximum atomic E-state index is 5.45. The van der Waals surface area contributed by atoms with E-state index in [0.717, 1.165) is 11.7 Å². The first-order valence-electron chi connectivity index (χ1n) is 8.04. The molecule has 1 aliphatic heterocycles. The fourth-order valence-electron chi connectivity index (χ4n) is 2.64. The summed E-state index contributed by atoms with van der Waals surface area (Å²) < 4.78 is 5.45. The molecule has 2 heteroatoms. The van der Waals surface area contributed by atoms with Gasteiger partial charge in [-0.2, -0.15) is 0 Å². The third-order valence-corrected chi connectivity index (χ3v) is 3.98. The van der Waals surface area contributed by atoms with Crippen molar-refractivity contribution in [1.82, 2.24) is 0 Å². The molecule has 0 N–H and O–H groups in total. The molecule has 0 unspecified atom stereocenters. The highest BCUT2D eigenvalue weighted by Crippen LogP contribution is 2.32. The Morgan fingerprint density at radius 1 is 1.15 bits per heavy atom. The third-order valence-electron chi connectivity index (χ3n) is 3.98. The number of rotatable bonds is 3. The number of hydrogen-bond donors (Lipinski definition) is 0.